The zero-order valence-electron chi connectivity index (χ0n) is 14.0. The third kappa shape index (κ3) is 4.07. The molecule has 4 nitrogen and oxygen atoms in total. The van der Waals surface area contributed by atoms with E-state index in [1.165, 1.54) is 5.56 Å². The summed E-state index contributed by atoms with van der Waals surface area (Å²) in [5, 5.41) is 0. The van der Waals surface area contributed by atoms with Crippen molar-refractivity contribution in [3.05, 3.63) is 60.2 Å². The van der Waals surface area contributed by atoms with Crippen LogP contribution in [-0.4, -0.2) is 30.7 Å². The average molecular weight is 325 g/mol. The Balaban J connectivity index is 1.56. The largest absolute Gasteiger partial charge is 0.457 e. The van der Waals surface area contributed by atoms with E-state index in [1.807, 2.05) is 49.4 Å². The summed E-state index contributed by atoms with van der Waals surface area (Å²) in [5.74, 6) is 2.17. The van der Waals surface area contributed by atoms with Gasteiger partial charge in [0.1, 0.15) is 11.5 Å². The minimum atomic E-state index is -0.192. The van der Waals surface area contributed by atoms with Crippen LogP contribution in [0.5, 0.6) is 11.5 Å². The average Bonchev–Trinajstić information content (AvgIpc) is 2.64. The Hall–Kier alpha value is -2.49. The number of para-hydroxylation sites is 1. The Morgan fingerprint density at radius 1 is 1.00 bits per heavy atom. The Kier molecular flexibility index (Phi) is 5.36. The van der Waals surface area contributed by atoms with Gasteiger partial charge in [0.2, 0.25) is 0 Å². The molecule has 126 valence electrons. The molecule has 2 aromatic rings. The first-order chi connectivity index (χ1) is 11.8. The quantitative estimate of drug-likeness (QED) is 0.809. The molecule has 0 unspecified atom stereocenters. The highest BCUT2D eigenvalue weighted by Gasteiger charge is 2.24. The highest BCUT2D eigenvalue weighted by molar-refractivity contribution is 5.67. The number of likely N-dealkylation sites (tertiary alicyclic amines) is 1. The number of hydrogen-bond acceptors (Lipinski definition) is 3. The molecular formula is C20H23NO3. The van der Waals surface area contributed by atoms with Crippen molar-refractivity contribution in [2.75, 3.05) is 19.7 Å². The van der Waals surface area contributed by atoms with E-state index in [2.05, 4.69) is 12.1 Å². The molecule has 0 aromatic heterocycles. The van der Waals surface area contributed by atoms with Gasteiger partial charge in [-0.05, 0) is 55.5 Å². The fraction of sp³-hybridized carbons (Fsp3) is 0.350. The molecule has 4 heteroatoms. The summed E-state index contributed by atoms with van der Waals surface area (Å²) >= 11 is 0. The predicted molar refractivity (Wildman–Crippen MR) is 93.5 cm³/mol. The van der Waals surface area contributed by atoms with Gasteiger partial charge in [-0.2, -0.15) is 0 Å². The maximum atomic E-state index is 11.7. The molecule has 3 rings (SSSR count). The number of nitrogens with zero attached hydrogens (tertiary/aromatic N) is 1. The van der Waals surface area contributed by atoms with Gasteiger partial charge >= 0.3 is 6.09 Å². The summed E-state index contributed by atoms with van der Waals surface area (Å²) in [7, 11) is 0. The molecular weight excluding hydrogens is 302 g/mol. The number of carbonyl (C=O) groups is 1. The van der Waals surface area contributed by atoms with Crippen molar-refractivity contribution in [2.45, 2.75) is 25.7 Å². The molecule has 0 bridgehead atoms. The fourth-order valence-corrected chi connectivity index (χ4v) is 3.04. The third-order valence-corrected chi connectivity index (χ3v) is 4.35. The molecule has 1 saturated heterocycles. The number of piperidine rings is 1. The van der Waals surface area contributed by atoms with Crippen LogP contribution >= 0.6 is 0 Å². The zero-order chi connectivity index (χ0) is 16.8. The van der Waals surface area contributed by atoms with Crippen LogP contribution in [0.1, 0.15) is 31.2 Å². The summed E-state index contributed by atoms with van der Waals surface area (Å²) in [4.78, 5) is 13.5. The molecule has 0 atom stereocenters. The van der Waals surface area contributed by atoms with Crippen LogP contribution in [0.2, 0.25) is 0 Å². The number of carbonyl (C=O) groups excluding carboxylic acids is 1. The van der Waals surface area contributed by atoms with E-state index in [0.29, 0.717) is 12.5 Å². The summed E-state index contributed by atoms with van der Waals surface area (Å²) in [6.07, 6.45) is 1.75. The molecule has 24 heavy (non-hydrogen) atoms. The maximum Gasteiger partial charge on any atom is 0.409 e. The van der Waals surface area contributed by atoms with Gasteiger partial charge in [-0.1, -0.05) is 30.3 Å². The normalized spacial score (nSPS) is 15.1. The predicted octanol–water partition coefficient (Wildman–Crippen LogP) is 4.81. The number of benzene rings is 2. The Labute approximate surface area is 143 Å². The van der Waals surface area contributed by atoms with Crippen molar-refractivity contribution in [1.29, 1.82) is 0 Å². The molecule has 0 spiro atoms. The van der Waals surface area contributed by atoms with Crippen molar-refractivity contribution < 1.29 is 14.3 Å². The second-order valence-corrected chi connectivity index (χ2v) is 5.94. The molecule has 0 N–H and O–H groups in total. The monoisotopic (exact) mass is 325 g/mol. The molecule has 1 aliphatic rings. The summed E-state index contributed by atoms with van der Waals surface area (Å²) in [5.41, 5.74) is 1.30. The zero-order valence-corrected chi connectivity index (χ0v) is 14.0. The molecule has 0 saturated carbocycles. The highest BCUT2D eigenvalue weighted by atomic mass is 16.6. The Morgan fingerprint density at radius 3 is 2.25 bits per heavy atom. The maximum absolute atomic E-state index is 11.7. The second kappa shape index (κ2) is 7.86. The van der Waals surface area contributed by atoms with Gasteiger partial charge in [0.05, 0.1) is 6.61 Å². The van der Waals surface area contributed by atoms with Crippen molar-refractivity contribution in [3.63, 3.8) is 0 Å². The molecule has 2 aromatic carbocycles. The SMILES string of the molecule is CCOC(=O)N1CCC(c2ccc(Oc3ccccc3)cc2)CC1. The lowest BCUT2D eigenvalue weighted by Crippen LogP contribution is -2.38. The van der Waals surface area contributed by atoms with Gasteiger partial charge in [-0.15, -0.1) is 0 Å². The van der Waals surface area contributed by atoms with Crippen LogP contribution in [0.15, 0.2) is 54.6 Å². The van der Waals surface area contributed by atoms with Gasteiger partial charge < -0.3 is 14.4 Å². The number of ether oxygens (including phenoxy) is 2. The van der Waals surface area contributed by atoms with Gasteiger partial charge in [0, 0.05) is 13.1 Å². The minimum absolute atomic E-state index is 0.192. The summed E-state index contributed by atoms with van der Waals surface area (Å²) in [6.45, 7) is 3.78. The van der Waals surface area contributed by atoms with E-state index in [-0.39, 0.29) is 6.09 Å². The fourth-order valence-electron chi connectivity index (χ4n) is 3.04. The van der Waals surface area contributed by atoms with Crippen molar-refractivity contribution in [2.24, 2.45) is 0 Å². The lowest BCUT2D eigenvalue weighted by molar-refractivity contribution is 0.0971. The number of amides is 1. The van der Waals surface area contributed by atoms with Crippen LogP contribution in [0.4, 0.5) is 4.79 Å². The van der Waals surface area contributed by atoms with Crippen LogP contribution in [0.3, 0.4) is 0 Å². The van der Waals surface area contributed by atoms with Crippen LogP contribution in [-0.2, 0) is 4.74 Å². The number of rotatable bonds is 4. The van der Waals surface area contributed by atoms with Crippen LogP contribution < -0.4 is 4.74 Å². The summed E-state index contributed by atoms with van der Waals surface area (Å²) < 4.78 is 10.9. The van der Waals surface area contributed by atoms with Crippen LogP contribution in [0, 0.1) is 0 Å². The van der Waals surface area contributed by atoms with Gasteiger partial charge in [0.15, 0.2) is 0 Å². The smallest absolute Gasteiger partial charge is 0.409 e. The molecule has 1 aliphatic heterocycles. The standard InChI is InChI=1S/C20H23NO3/c1-2-23-20(22)21-14-12-17(13-15-21)16-8-10-19(11-9-16)24-18-6-4-3-5-7-18/h3-11,17H,2,12-15H2,1H3. The van der Waals surface area contributed by atoms with E-state index >= 15 is 0 Å². The van der Waals surface area contributed by atoms with E-state index in [1.54, 1.807) is 4.90 Å². The van der Waals surface area contributed by atoms with Crippen LogP contribution in [0.25, 0.3) is 0 Å². The molecule has 1 amide bonds. The van der Waals surface area contributed by atoms with Gasteiger partial charge in [-0.3, -0.25) is 0 Å². The van der Waals surface area contributed by atoms with Crippen molar-refractivity contribution in [1.82, 2.24) is 4.90 Å². The number of hydrogen-bond donors (Lipinski definition) is 0. The lowest BCUT2D eigenvalue weighted by atomic mass is 9.89. The van der Waals surface area contributed by atoms with E-state index in [4.69, 9.17) is 9.47 Å². The van der Waals surface area contributed by atoms with E-state index in [9.17, 15) is 4.79 Å². The second-order valence-electron chi connectivity index (χ2n) is 5.94. The highest BCUT2D eigenvalue weighted by Crippen LogP contribution is 2.30. The molecule has 1 heterocycles. The van der Waals surface area contributed by atoms with Gasteiger partial charge in [-0.25, -0.2) is 4.79 Å². The molecule has 0 aliphatic carbocycles. The van der Waals surface area contributed by atoms with Gasteiger partial charge in [0.25, 0.3) is 0 Å². The summed E-state index contributed by atoms with van der Waals surface area (Å²) in [6, 6.07) is 18.1. The van der Waals surface area contributed by atoms with Crippen molar-refractivity contribution in [3.8, 4) is 11.5 Å². The topological polar surface area (TPSA) is 38.8 Å². The third-order valence-electron chi connectivity index (χ3n) is 4.35. The Bertz CT molecular complexity index is 646. The molecule has 1 fully saturated rings. The Morgan fingerprint density at radius 2 is 1.62 bits per heavy atom. The minimum Gasteiger partial charge on any atom is -0.457 e. The van der Waals surface area contributed by atoms with Crippen molar-refractivity contribution >= 4 is 6.09 Å². The van der Waals surface area contributed by atoms with E-state index in [0.717, 1.165) is 37.4 Å². The first-order valence-electron chi connectivity index (χ1n) is 8.51. The lowest BCUT2D eigenvalue weighted by Gasteiger charge is -2.31. The molecule has 0 radical (unpaired) electrons. The first-order valence-corrected chi connectivity index (χ1v) is 8.51. The van der Waals surface area contributed by atoms with E-state index < -0.39 is 0 Å². The first kappa shape index (κ1) is 16.4.